The van der Waals surface area contributed by atoms with Gasteiger partial charge in [-0.15, -0.1) is 0 Å². The van der Waals surface area contributed by atoms with Gasteiger partial charge in [-0.2, -0.15) is 4.98 Å². The molecular formula is C12H13N5O. The smallest absolute Gasteiger partial charge is 0.240 e. The van der Waals surface area contributed by atoms with Crippen LogP contribution in [0.5, 0.6) is 0 Å². The fourth-order valence-electron chi connectivity index (χ4n) is 1.90. The van der Waals surface area contributed by atoms with Crippen LogP contribution in [0.25, 0.3) is 22.4 Å². The van der Waals surface area contributed by atoms with Crippen LogP contribution >= 0.6 is 0 Å². The van der Waals surface area contributed by atoms with Gasteiger partial charge in [0.15, 0.2) is 0 Å². The van der Waals surface area contributed by atoms with Crippen molar-refractivity contribution >= 4 is 11.0 Å². The second-order valence-electron chi connectivity index (χ2n) is 4.14. The van der Waals surface area contributed by atoms with Crippen molar-refractivity contribution in [3.05, 3.63) is 29.9 Å². The van der Waals surface area contributed by atoms with Crippen LogP contribution in [0.4, 0.5) is 0 Å². The van der Waals surface area contributed by atoms with Gasteiger partial charge in [-0.1, -0.05) is 5.16 Å². The molecule has 2 N–H and O–H groups in total. The third-order valence-electron chi connectivity index (χ3n) is 3.01. The molecule has 0 bridgehead atoms. The van der Waals surface area contributed by atoms with E-state index < -0.39 is 0 Å². The lowest BCUT2D eigenvalue weighted by Gasteiger charge is -1.98. The number of nitrogens with zero attached hydrogens (tertiary/aromatic N) is 4. The second-order valence-corrected chi connectivity index (χ2v) is 4.14. The number of hydrogen-bond donors (Lipinski definition) is 1. The number of nitrogens with two attached hydrogens (primary N) is 1. The Labute approximate surface area is 103 Å². The van der Waals surface area contributed by atoms with E-state index in [2.05, 4.69) is 15.1 Å². The summed E-state index contributed by atoms with van der Waals surface area (Å²) in [6, 6.07) is 5.89. The summed E-state index contributed by atoms with van der Waals surface area (Å²) in [6.07, 6.45) is 0. The molecule has 0 aliphatic carbocycles. The highest BCUT2D eigenvalue weighted by molar-refractivity contribution is 5.81. The van der Waals surface area contributed by atoms with Crippen molar-refractivity contribution in [1.29, 1.82) is 0 Å². The molecule has 0 saturated heterocycles. The first-order valence-electron chi connectivity index (χ1n) is 5.65. The molecule has 1 aromatic carbocycles. The normalized spacial score (nSPS) is 11.3. The fraction of sp³-hybridized carbons (Fsp3) is 0.250. The average Bonchev–Trinajstić information content (AvgIpc) is 2.96. The molecule has 0 aliphatic rings. The standard InChI is InChI=1S/C12H13N5O/c1-7-14-9-4-3-8(5-10(9)17(7)2)12-15-11(6-13)18-16-12/h3-5H,6,13H2,1-2H3. The van der Waals surface area contributed by atoms with E-state index in [0.29, 0.717) is 11.7 Å². The highest BCUT2D eigenvalue weighted by Crippen LogP contribution is 2.22. The van der Waals surface area contributed by atoms with E-state index in [4.69, 9.17) is 10.3 Å². The molecule has 3 aromatic rings. The van der Waals surface area contributed by atoms with E-state index in [1.807, 2.05) is 36.7 Å². The van der Waals surface area contributed by atoms with Crippen molar-refractivity contribution in [2.45, 2.75) is 13.5 Å². The minimum atomic E-state index is 0.250. The van der Waals surface area contributed by atoms with Crippen molar-refractivity contribution in [2.75, 3.05) is 0 Å². The third-order valence-corrected chi connectivity index (χ3v) is 3.01. The van der Waals surface area contributed by atoms with Crippen molar-refractivity contribution in [3.8, 4) is 11.4 Å². The molecule has 0 aliphatic heterocycles. The van der Waals surface area contributed by atoms with Crippen LogP contribution in [0.15, 0.2) is 22.7 Å². The minimum Gasteiger partial charge on any atom is -0.338 e. The molecule has 0 saturated carbocycles. The van der Waals surface area contributed by atoms with Gasteiger partial charge in [-0.05, 0) is 25.1 Å². The van der Waals surface area contributed by atoms with E-state index in [0.717, 1.165) is 22.4 Å². The number of fused-ring (bicyclic) bond motifs is 1. The van der Waals surface area contributed by atoms with Crippen LogP contribution in [0.3, 0.4) is 0 Å². The Morgan fingerprint density at radius 2 is 2.17 bits per heavy atom. The minimum absolute atomic E-state index is 0.250. The number of benzene rings is 1. The summed E-state index contributed by atoms with van der Waals surface area (Å²) in [5.41, 5.74) is 8.35. The Balaban J connectivity index is 2.15. The van der Waals surface area contributed by atoms with Crippen LogP contribution in [0.1, 0.15) is 11.7 Å². The van der Waals surface area contributed by atoms with Crippen LogP contribution in [-0.2, 0) is 13.6 Å². The summed E-state index contributed by atoms with van der Waals surface area (Å²) in [7, 11) is 1.98. The molecule has 2 aromatic heterocycles. The van der Waals surface area contributed by atoms with Gasteiger partial charge in [0.25, 0.3) is 0 Å². The summed E-state index contributed by atoms with van der Waals surface area (Å²) < 4.78 is 7.04. The van der Waals surface area contributed by atoms with E-state index in [1.54, 1.807) is 0 Å². The van der Waals surface area contributed by atoms with Crippen molar-refractivity contribution in [2.24, 2.45) is 12.8 Å². The van der Waals surface area contributed by atoms with E-state index >= 15 is 0 Å². The molecule has 0 radical (unpaired) electrons. The van der Waals surface area contributed by atoms with Crippen LogP contribution < -0.4 is 5.73 Å². The summed E-state index contributed by atoms with van der Waals surface area (Å²) in [6.45, 7) is 2.22. The first-order chi connectivity index (χ1) is 8.69. The molecular weight excluding hydrogens is 230 g/mol. The van der Waals surface area contributed by atoms with Gasteiger partial charge in [0, 0.05) is 12.6 Å². The zero-order chi connectivity index (χ0) is 12.7. The number of aromatic nitrogens is 4. The van der Waals surface area contributed by atoms with Crippen LogP contribution in [0.2, 0.25) is 0 Å². The topological polar surface area (TPSA) is 82.8 Å². The Bertz CT molecular complexity index is 712. The first kappa shape index (κ1) is 10.9. The summed E-state index contributed by atoms with van der Waals surface area (Å²) in [5, 5.41) is 3.90. The van der Waals surface area contributed by atoms with E-state index in [-0.39, 0.29) is 6.54 Å². The summed E-state index contributed by atoms with van der Waals surface area (Å²) in [5.74, 6) is 1.96. The zero-order valence-electron chi connectivity index (χ0n) is 10.2. The molecule has 0 amide bonds. The van der Waals surface area contributed by atoms with Gasteiger partial charge in [-0.25, -0.2) is 4.98 Å². The number of hydrogen-bond acceptors (Lipinski definition) is 5. The molecule has 2 heterocycles. The van der Waals surface area contributed by atoms with Crippen LogP contribution in [-0.4, -0.2) is 19.7 Å². The maximum Gasteiger partial charge on any atom is 0.240 e. The molecule has 18 heavy (non-hydrogen) atoms. The average molecular weight is 243 g/mol. The van der Waals surface area contributed by atoms with Gasteiger partial charge in [-0.3, -0.25) is 0 Å². The molecule has 0 unspecified atom stereocenters. The largest absolute Gasteiger partial charge is 0.338 e. The highest BCUT2D eigenvalue weighted by atomic mass is 16.5. The van der Waals surface area contributed by atoms with Gasteiger partial charge in [0.1, 0.15) is 5.82 Å². The Morgan fingerprint density at radius 3 is 2.89 bits per heavy atom. The maximum absolute atomic E-state index is 5.45. The maximum atomic E-state index is 5.45. The highest BCUT2D eigenvalue weighted by Gasteiger charge is 2.10. The quantitative estimate of drug-likeness (QED) is 0.735. The van der Waals surface area contributed by atoms with E-state index in [9.17, 15) is 0 Å². The van der Waals surface area contributed by atoms with Crippen LogP contribution in [0, 0.1) is 6.92 Å². The van der Waals surface area contributed by atoms with Gasteiger partial charge in [0.05, 0.1) is 17.6 Å². The van der Waals surface area contributed by atoms with Gasteiger partial charge < -0.3 is 14.8 Å². The fourth-order valence-corrected chi connectivity index (χ4v) is 1.90. The Hall–Kier alpha value is -2.21. The van der Waals surface area contributed by atoms with Crippen molar-refractivity contribution in [1.82, 2.24) is 19.7 Å². The van der Waals surface area contributed by atoms with Gasteiger partial charge in [0.2, 0.25) is 11.7 Å². The zero-order valence-corrected chi connectivity index (χ0v) is 10.2. The summed E-state index contributed by atoms with van der Waals surface area (Å²) in [4.78, 5) is 8.66. The predicted molar refractivity (Wildman–Crippen MR) is 66.6 cm³/mol. The third kappa shape index (κ3) is 1.58. The number of imidazole rings is 1. The lowest BCUT2D eigenvalue weighted by atomic mass is 10.2. The molecule has 6 nitrogen and oxygen atoms in total. The van der Waals surface area contributed by atoms with Crippen molar-refractivity contribution in [3.63, 3.8) is 0 Å². The van der Waals surface area contributed by atoms with Gasteiger partial charge >= 0.3 is 0 Å². The molecule has 0 spiro atoms. The SMILES string of the molecule is Cc1nc2ccc(-c3noc(CN)n3)cc2n1C. The monoisotopic (exact) mass is 243 g/mol. The number of rotatable bonds is 2. The van der Waals surface area contributed by atoms with Crippen molar-refractivity contribution < 1.29 is 4.52 Å². The molecule has 0 atom stereocenters. The number of aryl methyl sites for hydroxylation is 2. The Morgan fingerprint density at radius 1 is 1.33 bits per heavy atom. The summed E-state index contributed by atoms with van der Waals surface area (Å²) >= 11 is 0. The lowest BCUT2D eigenvalue weighted by molar-refractivity contribution is 0.380. The molecule has 92 valence electrons. The predicted octanol–water partition coefficient (Wildman–Crippen LogP) is 1.39. The molecule has 0 fully saturated rings. The molecule has 6 heteroatoms. The van der Waals surface area contributed by atoms with E-state index in [1.165, 1.54) is 0 Å². The first-order valence-corrected chi connectivity index (χ1v) is 5.65. The lowest BCUT2D eigenvalue weighted by Crippen LogP contribution is -1.95. The second kappa shape index (κ2) is 3.92. The molecule has 3 rings (SSSR count). The Kier molecular flexibility index (Phi) is 2.38.